The van der Waals surface area contributed by atoms with E-state index in [0.717, 1.165) is 36.9 Å². The van der Waals surface area contributed by atoms with E-state index in [9.17, 15) is 13.2 Å². The first kappa shape index (κ1) is 22.2. The average molecular weight is 467 g/mol. The summed E-state index contributed by atoms with van der Waals surface area (Å²) in [6.45, 7) is 7.59. The Morgan fingerprint density at radius 3 is 2.42 bits per heavy atom. The summed E-state index contributed by atoms with van der Waals surface area (Å²) in [5.74, 6) is 0.695. The van der Waals surface area contributed by atoms with Crippen molar-refractivity contribution >= 4 is 32.4 Å². The number of carbonyl (C=O) groups is 1. The Balaban J connectivity index is 1.34. The zero-order chi connectivity index (χ0) is 22.2. The molecule has 0 bridgehead atoms. The number of sulfonamides is 1. The van der Waals surface area contributed by atoms with Gasteiger partial charge in [0, 0.05) is 63.8 Å². The number of nitrogens with zero attached hydrogens (tertiary/aromatic N) is 6. The fourth-order valence-electron chi connectivity index (χ4n) is 4.20. The number of hydrogen-bond acceptors (Lipinski definition) is 7. The molecule has 0 atom stereocenters. The Bertz CT molecular complexity index is 1020. The molecule has 2 aromatic heterocycles. The minimum absolute atomic E-state index is 0.0855. The summed E-state index contributed by atoms with van der Waals surface area (Å²) in [5, 5.41) is 3.16. The lowest BCUT2D eigenvalue weighted by atomic mass is 9.96. The quantitative estimate of drug-likeness (QED) is 0.680. The van der Waals surface area contributed by atoms with Crippen LogP contribution in [0.2, 0.25) is 0 Å². The van der Waals surface area contributed by atoms with Crippen LogP contribution >= 0.6 is 11.3 Å². The van der Waals surface area contributed by atoms with Crippen molar-refractivity contribution in [3.63, 3.8) is 0 Å². The highest BCUT2D eigenvalue weighted by Gasteiger charge is 2.35. The molecule has 4 rings (SSSR count). The molecule has 0 radical (unpaired) electrons. The molecule has 0 aliphatic carbocycles. The summed E-state index contributed by atoms with van der Waals surface area (Å²) >= 11 is 1.65. The van der Waals surface area contributed by atoms with Gasteiger partial charge in [-0.05, 0) is 33.1 Å². The summed E-state index contributed by atoms with van der Waals surface area (Å²) in [4.78, 5) is 26.1. The van der Waals surface area contributed by atoms with Gasteiger partial charge in [-0.25, -0.2) is 18.4 Å². The van der Waals surface area contributed by atoms with Crippen molar-refractivity contribution in [2.75, 3.05) is 44.2 Å². The standard InChI is InChI=1S/C20H30N6O3S2/c1-15-14-30-20(21-15)25-8-4-7-24(11-12-25)19(27)17-5-9-26(10-6-17)31(28,29)18-13-23(3)16(2)22-18/h13-14,17H,4-12H2,1-3H3. The van der Waals surface area contributed by atoms with Crippen LogP contribution in [0.3, 0.4) is 0 Å². The largest absolute Gasteiger partial charge is 0.346 e. The number of piperidine rings is 1. The van der Waals surface area contributed by atoms with E-state index in [2.05, 4.69) is 20.2 Å². The Hall–Kier alpha value is -1.98. The smallest absolute Gasteiger partial charge is 0.262 e. The molecule has 2 aliphatic heterocycles. The van der Waals surface area contributed by atoms with Crippen LogP contribution in [0.4, 0.5) is 5.13 Å². The van der Waals surface area contributed by atoms with Crippen LogP contribution in [-0.2, 0) is 21.9 Å². The van der Waals surface area contributed by atoms with E-state index in [1.165, 1.54) is 4.31 Å². The first-order valence-corrected chi connectivity index (χ1v) is 13.0. The molecule has 0 unspecified atom stereocenters. The second kappa shape index (κ2) is 8.87. The molecule has 170 valence electrons. The third-order valence-electron chi connectivity index (χ3n) is 6.18. The second-order valence-electron chi connectivity index (χ2n) is 8.35. The zero-order valence-corrected chi connectivity index (χ0v) is 20.0. The summed E-state index contributed by atoms with van der Waals surface area (Å²) < 4.78 is 29.0. The maximum Gasteiger partial charge on any atom is 0.262 e. The predicted molar refractivity (Wildman–Crippen MR) is 120 cm³/mol. The van der Waals surface area contributed by atoms with Crippen LogP contribution in [0.5, 0.6) is 0 Å². The number of carbonyl (C=O) groups excluding carboxylic acids is 1. The van der Waals surface area contributed by atoms with E-state index in [0.29, 0.717) is 38.3 Å². The summed E-state index contributed by atoms with van der Waals surface area (Å²) in [6, 6.07) is 0. The first-order chi connectivity index (χ1) is 14.8. The highest BCUT2D eigenvalue weighted by atomic mass is 32.2. The zero-order valence-electron chi connectivity index (χ0n) is 18.3. The number of thiazole rings is 1. The molecular weight excluding hydrogens is 436 g/mol. The van der Waals surface area contributed by atoms with Gasteiger partial charge in [-0.15, -0.1) is 11.3 Å². The van der Waals surface area contributed by atoms with Crippen LogP contribution in [0.1, 0.15) is 30.8 Å². The number of rotatable bonds is 4. The molecule has 2 saturated heterocycles. The van der Waals surface area contributed by atoms with Gasteiger partial charge in [-0.1, -0.05) is 0 Å². The van der Waals surface area contributed by atoms with Crippen molar-refractivity contribution in [3.05, 3.63) is 23.1 Å². The average Bonchev–Trinajstić information content (AvgIpc) is 3.24. The Labute approximate surface area is 187 Å². The van der Waals surface area contributed by atoms with Gasteiger partial charge in [0.1, 0.15) is 5.82 Å². The molecule has 1 amide bonds. The highest BCUT2D eigenvalue weighted by molar-refractivity contribution is 7.89. The molecule has 0 aromatic carbocycles. The van der Waals surface area contributed by atoms with Gasteiger partial charge in [-0.3, -0.25) is 4.79 Å². The number of aryl methyl sites for hydroxylation is 3. The van der Waals surface area contributed by atoms with E-state index in [1.54, 1.807) is 36.1 Å². The van der Waals surface area contributed by atoms with Crippen LogP contribution in [0, 0.1) is 19.8 Å². The minimum atomic E-state index is -3.62. The molecule has 0 saturated carbocycles. The van der Waals surface area contributed by atoms with E-state index in [4.69, 9.17) is 0 Å². The highest BCUT2D eigenvalue weighted by Crippen LogP contribution is 2.26. The monoisotopic (exact) mass is 466 g/mol. The summed E-state index contributed by atoms with van der Waals surface area (Å²) in [7, 11) is -1.83. The topological polar surface area (TPSA) is 91.6 Å². The van der Waals surface area contributed by atoms with Crippen LogP contribution in [-0.4, -0.2) is 77.3 Å². The lowest BCUT2D eigenvalue weighted by molar-refractivity contribution is -0.136. The number of anilines is 1. The minimum Gasteiger partial charge on any atom is -0.346 e. The fraction of sp³-hybridized carbons (Fsp3) is 0.650. The third-order valence-corrected chi connectivity index (χ3v) is 8.97. The number of amides is 1. The number of imidazole rings is 1. The van der Waals surface area contributed by atoms with Gasteiger partial charge < -0.3 is 14.4 Å². The van der Waals surface area contributed by atoms with Crippen molar-refractivity contribution in [1.82, 2.24) is 23.7 Å². The number of aromatic nitrogens is 3. The van der Waals surface area contributed by atoms with Gasteiger partial charge in [0.25, 0.3) is 10.0 Å². The molecule has 2 fully saturated rings. The van der Waals surface area contributed by atoms with E-state index in [-0.39, 0.29) is 16.9 Å². The van der Waals surface area contributed by atoms with Crippen molar-refractivity contribution in [1.29, 1.82) is 0 Å². The SMILES string of the molecule is Cc1csc(N2CCCN(C(=O)C3CCN(S(=O)(=O)c4cn(C)c(C)n4)CC3)CC2)n1. The van der Waals surface area contributed by atoms with Gasteiger partial charge in [0.2, 0.25) is 5.91 Å². The van der Waals surface area contributed by atoms with Crippen LogP contribution < -0.4 is 4.90 Å². The number of hydrogen-bond donors (Lipinski definition) is 0. The molecule has 0 N–H and O–H groups in total. The Morgan fingerprint density at radius 2 is 1.81 bits per heavy atom. The van der Waals surface area contributed by atoms with Crippen molar-refractivity contribution in [2.24, 2.45) is 13.0 Å². The molecule has 0 spiro atoms. The van der Waals surface area contributed by atoms with E-state index in [1.807, 2.05) is 11.8 Å². The molecule has 11 heteroatoms. The van der Waals surface area contributed by atoms with Crippen LogP contribution in [0.15, 0.2) is 16.6 Å². The van der Waals surface area contributed by atoms with Crippen LogP contribution in [0.25, 0.3) is 0 Å². The molecular formula is C20H30N6O3S2. The van der Waals surface area contributed by atoms with E-state index >= 15 is 0 Å². The second-order valence-corrected chi connectivity index (χ2v) is 11.1. The molecule has 2 aromatic rings. The van der Waals surface area contributed by atoms with Gasteiger partial charge in [0.05, 0.1) is 5.69 Å². The Kier molecular flexibility index (Phi) is 6.36. The summed E-state index contributed by atoms with van der Waals surface area (Å²) in [6.07, 6.45) is 3.57. The summed E-state index contributed by atoms with van der Waals surface area (Å²) in [5.41, 5.74) is 1.03. The molecule has 4 heterocycles. The molecule has 9 nitrogen and oxygen atoms in total. The van der Waals surface area contributed by atoms with Crippen molar-refractivity contribution in [2.45, 2.75) is 38.1 Å². The normalized spacial score (nSPS) is 19.6. The molecule has 31 heavy (non-hydrogen) atoms. The maximum absolute atomic E-state index is 13.1. The lowest BCUT2D eigenvalue weighted by Gasteiger charge is -2.33. The Morgan fingerprint density at radius 1 is 1.06 bits per heavy atom. The van der Waals surface area contributed by atoms with Crippen molar-refractivity contribution in [3.8, 4) is 0 Å². The van der Waals surface area contributed by atoms with Crippen molar-refractivity contribution < 1.29 is 13.2 Å². The first-order valence-electron chi connectivity index (χ1n) is 10.7. The van der Waals surface area contributed by atoms with E-state index < -0.39 is 10.0 Å². The van der Waals surface area contributed by atoms with Gasteiger partial charge in [0.15, 0.2) is 10.2 Å². The third kappa shape index (κ3) is 4.63. The molecule has 2 aliphatic rings. The lowest BCUT2D eigenvalue weighted by Crippen LogP contribution is -2.45. The van der Waals surface area contributed by atoms with Gasteiger partial charge >= 0.3 is 0 Å². The predicted octanol–water partition coefficient (Wildman–Crippen LogP) is 1.63. The van der Waals surface area contributed by atoms with Gasteiger partial charge in [-0.2, -0.15) is 4.31 Å². The maximum atomic E-state index is 13.1. The fourth-order valence-corrected chi connectivity index (χ4v) is 6.55.